The summed E-state index contributed by atoms with van der Waals surface area (Å²) in [5.41, 5.74) is 0. The van der Waals surface area contributed by atoms with Crippen molar-refractivity contribution in [1.82, 2.24) is 15.1 Å². The number of nitrogens with one attached hydrogen (secondary N) is 1. The lowest BCUT2D eigenvalue weighted by atomic mass is 10.0. The van der Waals surface area contributed by atoms with Crippen LogP contribution in [0.1, 0.15) is 33.6 Å². The zero-order valence-electron chi connectivity index (χ0n) is 11.7. The molecule has 1 aliphatic rings. The van der Waals surface area contributed by atoms with Gasteiger partial charge in [-0.25, -0.2) is 0 Å². The third-order valence-corrected chi connectivity index (χ3v) is 3.70. The van der Waals surface area contributed by atoms with Crippen molar-refractivity contribution in [3.8, 4) is 0 Å². The second kappa shape index (κ2) is 6.97. The maximum absolute atomic E-state index is 11.6. The number of nitrogens with zero attached hydrogens (tertiary/aromatic N) is 2. The molecular weight excluding hydrogens is 214 g/mol. The highest BCUT2D eigenvalue weighted by atomic mass is 16.2. The number of likely N-dealkylation sites (N-methyl/N-ethyl adjacent to an activating group) is 1. The highest BCUT2D eigenvalue weighted by Gasteiger charge is 2.21. The van der Waals surface area contributed by atoms with Crippen LogP contribution in [-0.2, 0) is 4.79 Å². The molecule has 0 spiro atoms. The van der Waals surface area contributed by atoms with Crippen LogP contribution in [0.5, 0.6) is 0 Å². The Morgan fingerprint density at radius 2 is 2.00 bits per heavy atom. The Labute approximate surface area is 105 Å². The van der Waals surface area contributed by atoms with E-state index in [-0.39, 0.29) is 5.91 Å². The number of carbonyl (C=O) groups excluding carboxylic acids is 1. The Morgan fingerprint density at radius 1 is 1.41 bits per heavy atom. The van der Waals surface area contributed by atoms with Crippen LogP contribution in [0, 0.1) is 0 Å². The van der Waals surface area contributed by atoms with Crippen LogP contribution in [0.15, 0.2) is 0 Å². The first-order chi connectivity index (χ1) is 8.04. The number of amides is 1. The van der Waals surface area contributed by atoms with Gasteiger partial charge in [0.05, 0.1) is 6.54 Å². The van der Waals surface area contributed by atoms with Crippen molar-refractivity contribution in [2.24, 2.45) is 0 Å². The average Bonchev–Trinajstić information content (AvgIpc) is 2.35. The minimum absolute atomic E-state index is 0.193. The fourth-order valence-electron chi connectivity index (χ4n) is 2.16. The fourth-order valence-corrected chi connectivity index (χ4v) is 2.16. The van der Waals surface area contributed by atoms with Crippen LogP contribution in [-0.4, -0.2) is 61.0 Å². The molecule has 100 valence electrons. The van der Waals surface area contributed by atoms with Gasteiger partial charge >= 0.3 is 0 Å². The van der Waals surface area contributed by atoms with E-state index in [0.29, 0.717) is 18.6 Å². The molecule has 0 atom stereocenters. The molecule has 0 saturated carbocycles. The van der Waals surface area contributed by atoms with Gasteiger partial charge in [0.1, 0.15) is 0 Å². The maximum Gasteiger partial charge on any atom is 0.236 e. The molecular formula is C13H27N3O. The number of likely N-dealkylation sites (tertiary alicyclic amines) is 1. The third kappa shape index (κ3) is 4.64. The Balaban J connectivity index is 2.20. The average molecular weight is 241 g/mol. The topological polar surface area (TPSA) is 35.6 Å². The molecule has 0 aromatic heterocycles. The maximum atomic E-state index is 11.6. The molecule has 17 heavy (non-hydrogen) atoms. The summed E-state index contributed by atoms with van der Waals surface area (Å²) in [4.78, 5) is 15.9. The summed E-state index contributed by atoms with van der Waals surface area (Å²) in [6.45, 7) is 10.0. The molecule has 0 aromatic rings. The Kier molecular flexibility index (Phi) is 5.92. The minimum Gasteiger partial charge on any atom is -0.345 e. The van der Waals surface area contributed by atoms with E-state index in [1.54, 1.807) is 4.90 Å². The molecule has 1 rings (SSSR count). The summed E-state index contributed by atoms with van der Waals surface area (Å²) < 4.78 is 0. The SMILES string of the molecule is CCN(C)C(=O)CNC1CCN(C(C)C)CC1. The zero-order valence-corrected chi connectivity index (χ0v) is 11.7. The van der Waals surface area contributed by atoms with Gasteiger partial charge in [0.15, 0.2) is 0 Å². The number of hydrogen-bond donors (Lipinski definition) is 1. The Bertz CT molecular complexity index is 235. The van der Waals surface area contributed by atoms with Gasteiger partial charge in [-0.1, -0.05) is 0 Å². The molecule has 4 heteroatoms. The van der Waals surface area contributed by atoms with Crippen molar-refractivity contribution in [2.75, 3.05) is 33.2 Å². The quantitative estimate of drug-likeness (QED) is 0.778. The standard InChI is InChI=1S/C13H27N3O/c1-5-15(4)13(17)10-14-12-6-8-16(9-7-12)11(2)3/h11-12,14H,5-10H2,1-4H3. The highest BCUT2D eigenvalue weighted by molar-refractivity contribution is 5.77. The van der Waals surface area contributed by atoms with Gasteiger partial charge < -0.3 is 15.1 Å². The van der Waals surface area contributed by atoms with Crippen molar-refractivity contribution in [2.45, 2.75) is 45.7 Å². The van der Waals surface area contributed by atoms with Gasteiger partial charge in [-0.05, 0) is 46.7 Å². The summed E-state index contributed by atoms with van der Waals surface area (Å²) in [5.74, 6) is 0.193. The van der Waals surface area contributed by atoms with Crippen LogP contribution in [0.4, 0.5) is 0 Å². The molecule has 4 nitrogen and oxygen atoms in total. The van der Waals surface area contributed by atoms with Crippen molar-refractivity contribution in [3.05, 3.63) is 0 Å². The number of rotatable bonds is 5. The summed E-state index contributed by atoms with van der Waals surface area (Å²) in [6.07, 6.45) is 2.31. The van der Waals surface area contributed by atoms with Gasteiger partial charge in [0.2, 0.25) is 5.91 Å². The van der Waals surface area contributed by atoms with E-state index < -0.39 is 0 Å². The summed E-state index contributed by atoms with van der Waals surface area (Å²) in [6, 6.07) is 1.16. The first-order valence-electron chi connectivity index (χ1n) is 6.76. The zero-order chi connectivity index (χ0) is 12.8. The van der Waals surface area contributed by atoms with Gasteiger partial charge in [0, 0.05) is 25.7 Å². The Morgan fingerprint density at radius 3 is 2.47 bits per heavy atom. The second-order valence-electron chi connectivity index (χ2n) is 5.19. The van der Waals surface area contributed by atoms with Crippen LogP contribution in [0.2, 0.25) is 0 Å². The summed E-state index contributed by atoms with van der Waals surface area (Å²) in [7, 11) is 1.85. The molecule has 1 saturated heterocycles. The summed E-state index contributed by atoms with van der Waals surface area (Å²) in [5, 5.41) is 3.38. The number of hydrogen-bond acceptors (Lipinski definition) is 3. The molecule has 1 N–H and O–H groups in total. The monoisotopic (exact) mass is 241 g/mol. The molecule has 0 radical (unpaired) electrons. The molecule has 1 fully saturated rings. The van der Waals surface area contributed by atoms with Crippen LogP contribution < -0.4 is 5.32 Å². The van der Waals surface area contributed by atoms with E-state index in [1.165, 1.54) is 0 Å². The van der Waals surface area contributed by atoms with Gasteiger partial charge in [0.25, 0.3) is 0 Å². The van der Waals surface area contributed by atoms with Crippen molar-refractivity contribution in [1.29, 1.82) is 0 Å². The first-order valence-corrected chi connectivity index (χ1v) is 6.76. The second-order valence-corrected chi connectivity index (χ2v) is 5.19. The smallest absolute Gasteiger partial charge is 0.236 e. The van der Waals surface area contributed by atoms with Crippen LogP contribution >= 0.6 is 0 Å². The molecule has 1 amide bonds. The molecule has 0 aromatic carbocycles. The lowest BCUT2D eigenvalue weighted by Crippen LogP contribution is -2.47. The predicted molar refractivity (Wildman–Crippen MR) is 71.0 cm³/mol. The van der Waals surface area contributed by atoms with E-state index in [1.807, 2.05) is 14.0 Å². The van der Waals surface area contributed by atoms with Gasteiger partial charge in [-0.2, -0.15) is 0 Å². The molecule has 0 unspecified atom stereocenters. The molecule has 0 aliphatic carbocycles. The van der Waals surface area contributed by atoms with Crippen LogP contribution in [0.25, 0.3) is 0 Å². The lowest BCUT2D eigenvalue weighted by molar-refractivity contribution is -0.128. The molecule has 0 bridgehead atoms. The van der Waals surface area contributed by atoms with Gasteiger partial charge in [-0.15, -0.1) is 0 Å². The van der Waals surface area contributed by atoms with Crippen molar-refractivity contribution in [3.63, 3.8) is 0 Å². The first kappa shape index (κ1) is 14.5. The fraction of sp³-hybridized carbons (Fsp3) is 0.923. The third-order valence-electron chi connectivity index (χ3n) is 3.70. The van der Waals surface area contributed by atoms with Gasteiger partial charge in [-0.3, -0.25) is 4.79 Å². The van der Waals surface area contributed by atoms with Crippen molar-refractivity contribution >= 4 is 5.91 Å². The van der Waals surface area contributed by atoms with Crippen molar-refractivity contribution < 1.29 is 4.79 Å². The predicted octanol–water partition coefficient (Wildman–Crippen LogP) is 0.927. The largest absolute Gasteiger partial charge is 0.345 e. The lowest BCUT2D eigenvalue weighted by Gasteiger charge is -2.35. The van der Waals surface area contributed by atoms with E-state index >= 15 is 0 Å². The number of carbonyl (C=O) groups is 1. The van der Waals surface area contributed by atoms with E-state index in [9.17, 15) is 4.79 Å². The molecule has 1 heterocycles. The normalized spacial score (nSPS) is 18.6. The molecule has 1 aliphatic heterocycles. The van der Waals surface area contributed by atoms with E-state index in [4.69, 9.17) is 0 Å². The number of piperidine rings is 1. The Hall–Kier alpha value is -0.610. The summed E-state index contributed by atoms with van der Waals surface area (Å²) >= 11 is 0. The minimum atomic E-state index is 0.193. The van der Waals surface area contributed by atoms with E-state index in [2.05, 4.69) is 24.1 Å². The van der Waals surface area contributed by atoms with E-state index in [0.717, 1.165) is 32.5 Å². The van der Waals surface area contributed by atoms with Crippen LogP contribution in [0.3, 0.4) is 0 Å². The highest BCUT2D eigenvalue weighted by Crippen LogP contribution is 2.12.